The number of benzene rings is 2. The number of anilines is 1. The van der Waals surface area contributed by atoms with Crippen LogP contribution in [0.5, 0.6) is 5.75 Å². The normalized spacial score (nSPS) is 14.3. The Morgan fingerprint density at radius 1 is 1.06 bits per heavy atom. The van der Waals surface area contributed by atoms with Crippen LogP contribution in [0.1, 0.15) is 12.0 Å². The second kappa shape index (κ2) is 9.94. The molecule has 0 unspecified atom stereocenters. The van der Waals surface area contributed by atoms with Gasteiger partial charge >= 0.3 is 0 Å². The number of nitrogens with zero attached hydrogens (tertiary/aromatic N) is 5. The number of methoxy groups -OCH3 is 1. The SMILES string of the molecule is [C-]#[N+]c1ccc2[nH]cc(CCCN3CCN(c4ncc(-c5ccccc5OC)cn4)CC3)c2c1. The van der Waals surface area contributed by atoms with Crippen molar-refractivity contribution >= 4 is 22.5 Å². The van der Waals surface area contributed by atoms with E-state index < -0.39 is 0 Å². The molecule has 172 valence electrons. The van der Waals surface area contributed by atoms with Crippen molar-refractivity contribution in [3.05, 3.63) is 78.0 Å². The van der Waals surface area contributed by atoms with Crippen LogP contribution in [-0.4, -0.2) is 59.7 Å². The lowest BCUT2D eigenvalue weighted by atomic mass is 10.1. The summed E-state index contributed by atoms with van der Waals surface area (Å²) in [5.74, 6) is 1.61. The number of rotatable bonds is 7. The quantitative estimate of drug-likeness (QED) is 0.403. The molecule has 1 saturated heterocycles. The molecule has 0 amide bonds. The number of piperazine rings is 1. The van der Waals surface area contributed by atoms with Gasteiger partial charge in [0.15, 0.2) is 5.69 Å². The maximum atomic E-state index is 7.25. The number of ether oxygens (including phenoxy) is 1. The van der Waals surface area contributed by atoms with Crippen molar-refractivity contribution in [2.75, 3.05) is 44.7 Å². The van der Waals surface area contributed by atoms with Gasteiger partial charge < -0.3 is 14.6 Å². The first-order valence-electron chi connectivity index (χ1n) is 11.7. The Morgan fingerprint density at radius 3 is 2.62 bits per heavy atom. The van der Waals surface area contributed by atoms with E-state index in [1.807, 2.05) is 54.9 Å². The summed E-state index contributed by atoms with van der Waals surface area (Å²) in [4.78, 5) is 20.9. The first-order chi connectivity index (χ1) is 16.7. The van der Waals surface area contributed by atoms with Crippen LogP contribution in [-0.2, 0) is 6.42 Å². The Bertz CT molecular complexity index is 1300. The van der Waals surface area contributed by atoms with Gasteiger partial charge in [-0.2, -0.15) is 0 Å². The number of H-pyrrole nitrogens is 1. The highest BCUT2D eigenvalue weighted by atomic mass is 16.5. The molecule has 1 fully saturated rings. The molecule has 5 rings (SSSR count). The minimum Gasteiger partial charge on any atom is -0.496 e. The molecule has 3 heterocycles. The van der Waals surface area contributed by atoms with Crippen LogP contribution in [0.15, 0.2) is 61.1 Å². The summed E-state index contributed by atoms with van der Waals surface area (Å²) in [7, 11) is 1.68. The van der Waals surface area contributed by atoms with Crippen molar-refractivity contribution in [1.29, 1.82) is 0 Å². The third-order valence-electron chi connectivity index (χ3n) is 6.51. The van der Waals surface area contributed by atoms with E-state index >= 15 is 0 Å². The Labute approximate surface area is 199 Å². The zero-order valence-corrected chi connectivity index (χ0v) is 19.4. The summed E-state index contributed by atoms with van der Waals surface area (Å²) in [6, 6.07) is 13.8. The highest BCUT2D eigenvalue weighted by Crippen LogP contribution is 2.29. The van der Waals surface area contributed by atoms with E-state index in [2.05, 4.69) is 35.8 Å². The van der Waals surface area contributed by atoms with E-state index in [-0.39, 0.29) is 0 Å². The van der Waals surface area contributed by atoms with E-state index in [1.165, 1.54) is 10.9 Å². The Morgan fingerprint density at radius 2 is 1.85 bits per heavy atom. The summed E-state index contributed by atoms with van der Waals surface area (Å²) in [6.45, 7) is 12.2. The molecule has 0 radical (unpaired) electrons. The molecule has 7 heteroatoms. The molecule has 4 aromatic rings. The molecule has 7 nitrogen and oxygen atoms in total. The molecule has 1 aliphatic rings. The topological polar surface area (TPSA) is 61.6 Å². The third-order valence-corrected chi connectivity index (χ3v) is 6.51. The summed E-state index contributed by atoms with van der Waals surface area (Å²) in [5, 5.41) is 1.17. The molecule has 2 aromatic carbocycles. The molecule has 1 aliphatic heterocycles. The molecule has 0 saturated carbocycles. The molecule has 34 heavy (non-hydrogen) atoms. The van der Waals surface area contributed by atoms with Crippen LogP contribution in [0.4, 0.5) is 11.6 Å². The number of aromatic nitrogens is 3. The van der Waals surface area contributed by atoms with Gasteiger partial charge in [0.05, 0.1) is 13.7 Å². The number of nitrogens with one attached hydrogen (secondary N) is 1. The lowest BCUT2D eigenvalue weighted by Gasteiger charge is -2.34. The monoisotopic (exact) mass is 452 g/mol. The average molecular weight is 453 g/mol. The second-order valence-electron chi connectivity index (χ2n) is 8.56. The smallest absolute Gasteiger partial charge is 0.225 e. The van der Waals surface area contributed by atoms with Gasteiger partial charge in [-0.15, -0.1) is 0 Å². The number of hydrogen-bond donors (Lipinski definition) is 1. The lowest BCUT2D eigenvalue weighted by Crippen LogP contribution is -2.47. The van der Waals surface area contributed by atoms with Gasteiger partial charge in [-0.25, -0.2) is 14.8 Å². The van der Waals surface area contributed by atoms with Crippen LogP contribution in [0.2, 0.25) is 0 Å². The number of hydrogen-bond acceptors (Lipinski definition) is 5. The number of fused-ring (bicyclic) bond motifs is 1. The fourth-order valence-electron chi connectivity index (χ4n) is 4.61. The largest absolute Gasteiger partial charge is 0.496 e. The molecule has 0 spiro atoms. The maximum absolute atomic E-state index is 7.25. The predicted octanol–water partition coefficient (Wildman–Crippen LogP) is 4.94. The molecular formula is C27H28N6O. The Hall–Kier alpha value is -3.89. The van der Waals surface area contributed by atoms with Crippen molar-refractivity contribution in [1.82, 2.24) is 19.9 Å². The standard InChI is InChI=1S/C27H28N6O/c1-28-22-9-10-25-24(16-22)20(17-29-25)6-5-11-32-12-14-33(15-13-32)27-30-18-21(19-31-27)23-7-3-4-8-26(23)34-2/h3-4,7-10,16-19,29H,5-6,11-15H2,2H3. The van der Waals surface area contributed by atoms with Crippen molar-refractivity contribution in [3.63, 3.8) is 0 Å². The summed E-state index contributed by atoms with van der Waals surface area (Å²) in [5.41, 5.74) is 5.06. The molecule has 0 aliphatic carbocycles. The highest BCUT2D eigenvalue weighted by Gasteiger charge is 2.19. The number of aryl methyl sites for hydroxylation is 1. The first-order valence-corrected chi connectivity index (χ1v) is 11.7. The van der Waals surface area contributed by atoms with E-state index in [4.69, 9.17) is 11.3 Å². The van der Waals surface area contributed by atoms with Gasteiger partial charge in [-0.05, 0) is 48.5 Å². The van der Waals surface area contributed by atoms with Crippen molar-refractivity contribution in [2.45, 2.75) is 12.8 Å². The van der Waals surface area contributed by atoms with E-state index in [1.54, 1.807) is 7.11 Å². The van der Waals surface area contributed by atoms with Gasteiger partial charge in [0.25, 0.3) is 0 Å². The minimum absolute atomic E-state index is 0.697. The van der Waals surface area contributed by atoms with Crippen LogP contribution >= 0.6 is 0 Å². The van der Waals surface area contributed by atoms with Gasteiger partial charge in [-0.1, -0.05) is 24.3 Å². The first kappa shape index (κ1) is 21.9. The number of aromatic amines is 1. The van der Waals surface area contributed by atoms with E-state index in [9.17, 15) is 0 Å². The van der Waals surface area contributed by atoms with Gasteiger partial charge in [0.2, 0.25) is 5.95 Å². The molecule has 1 N–H and O–H groups in total. The Kier molecular flexibility index (Phi) is 6.41. The molecule has 0 bridgehead atoms. The third kappa shape index (κ3) is 4.59. The summed E-state index contributed by atoms with van der Waals surface area (Å²) >= 11 is 0. The van der Waals surface area contributed by atoms with Crippen LogP contribution < -0.4 is 9.64 Å². The van der Waals surface area contributed by atoms with Gasteiger partial charge in [0.1, 0.15) is 5.75 Å². The predicted molar refractivity (Wildman–Crippen MR) is 136 cm³/mol. The highest BCUT2D eigenvalue weighted by molar-refractivity contribution is 5.86. The fourth-order valence-corrected chi connectivity index (χ4v) is 4.61. The van der Waals surface area contributed by atoms with Crippen LogP contribution in [0.3, 0.4) is 0 Å². The van der Waals surface area contributed by atoms with Crippen molar-refractivity contribution < 1.29 is 4.74 Å². The van der Waals surface area contributed by atoms with Gasteiger partial charge in [-0.3, -0.25) is 4.90 Å². The molecule has 0 atom stereocenters. The van der Waals surface area contributed by atoms with Crippen LogP contribution in [0, 0.1) is 6.57 Å². The zero-order valence-electron chi connectivity index (χ0n) is 19.4. The van der Waals surface area contributed by atoms with Gasteiger partial charge in [0, 0.05) is 61.4 Å². The minimum atomic E-state index is 0.697. The van der Waals surface area contributed by atoms with E-state index in [0.717, 1.165) is 73.9 Å². The lowest BCUT2D eigenvalue weighted by molar-refractivity contribution is 0.254. The zero-order chi connectivity index (χ0) is 23.3. The van der Waals surface area contributed by atoms with E-state index in [0.29, 0.717) is 5.69 Å². The fraction of sp³-hybridized carbons (Fsp3) is 0.296. The summed E-state index contributed by atoms with van der Waals surface area (Å²) < 4.78 is 5.46. The number of para-hydroxylation sites is 1. The molecule has 2 aromatic heterocycles. The average Bonchev–Trinajstić information content (AvgIpc) is 3.31. The van der Waals surface area contributed by atoms with Crippen molar-refractivity contribution in [3.8, 4) is 16.9 Å². The Balaban J connectivity index is 1.13. The maximum Gasteiger partial charge on any atom is 0.225 e. The second-order valence-corrected chi connectivity index (χ2v) is 8.56. The molecular weight excluding hydrogens is 424 g/mol. The van der Waals surface area contributed by atoms with Crippen LogP contribution in [0.25, 0.3) is 26.9 Å². The summed E-state index contributed by atoms with van der Waals surface area (Å²) in [6.07, 6.45) is 7.96. The van der Waals surface area contributed by atoms with Crippen molar-refractivity contribution in [2.24, 2.45) is 0 Å².